The Bertz CT molecular complexity index is 446. The van der Waals surface area contributed by atoms with E-state index in [0.29, 0.717) is 19.0 Å². The van der Waals surface area contributed by atoms with Crippen molar-refractivity contribution in [3.05, 3.63) is 22.2 Å². The molecule has 18 heavy (non-hydrogen) atoms. The van der Waals surface area contributed by atoms with Crippen molar-refractivity contribution in [3.63, 3.8) is 0 Å². The van der Waals surface area contributed by atoms with Crippen LogP contribution < -0.4 is 15.8 Å². The Morgan fingerprint density at radius 1 is 1.67 bits per heavy atom. The fourth-order valence-electron chi connectivity index (χ4n) is 2.15. The minimum Gasteiger partial charge on any atom is -0.377 e. The van der Waals surface area contributed by atoms with Gasteiger partial charge < -0.3 is 19.9 Å². The van der Waals surface area contributed by atoms with E-state index < -0.39 is 0 Å². The standard InChI is InChI=1S/C12H20N4O2/c1-3-13-7-10-8-18-5-4-16(10)11-6-12(17)15-9(2)14-11/h6,10,13H,3-5,7-8H2,1-2H3,(H,14,15,17). The smallest absolute Gasteiger partial charge is 0.252 e. The molecular weight excluding hydrogens is 232 g/mol. The van der Waals surface area contributed by atoms with Gasteiger partial charge in [-0.2, -0.15) is 0 Å². The van der Waals surface area contributed by atoms with Gasteiger partial charge in [0, 0.05) is 19.2 Å². The first-order chi connectivity index (χ1) is 8.70. The van der Waals surface area contributed by atoms with Gasteiger partial charge in [-0.05, 0) is 13.5 Å². The van der Waals surface area contributed by atoms with Gasteiger partial charge in [0.25, 0.3) is 5.56 Å². The number of H-pyrrole nitrogens is 1. The van der Waals surface area contributed by atoms with Gasteiger partial charge in [-0.1, -0.05) is 6.92 Å². The van der Waals surface area contributed by atoms with Crippen molar-refractivity contribution >= 4 is 5.82 Å². The maximum absolute atomic E-state index is 11.5. The van der Waals surface area contributed by atoms with Crippen LogP contribution in [0.2, 0.25) is 0 Å². The van der Waals surface area contributed by atoms with Crippen molar-refractivity contribution in [1.82, 2.24) is 15.3 Å². The van der Waals surface area contributed by atoms with E-state index in [0.717, 1.165) is 25.5 Å². The number of aryl methyl sites for hydroxylation is 1. The fourth-order valence-corrected chi connectivity index (χ4v) is 2.15. The van der Waals surface area contributed by atoms with Crippen molar-refractivity contribution in [2.75, 3.05) is 37.7 Å². The number of aromatic nitrogens is 2. The molecule has 6 heteroatoms. The first-order valence-electron chi connectivity index (χ1n) is 6.33. The molecule has 0 aliphatic carbocycles. The molecule has 2 N–H and O–H groups in total. The lowest BCUT2D eigenvalue weighted by molar-refractivity contribution is 0.0934. The summed E-state index contributed by atoms with van der Waals surface area (Å²) in [5.41, 5.74) is -0.105. The normalized spacial score (nSPS) is 20.1. The molecule has 1 saturated heterocycles. The predicted molar refractivity (Wildman–Crippen MR) is 70.1 cm³/mol. The third-order valence-corrected chi connectivity index (χ3v) is 3.00. The zero-order valence-corrected chi connectivity index (χ0v) is 10.9. The molecule has 0 spiro atoms. The predicted octanol–water partition coefficient (Wildman–Crippen LogP) is -0.107. The molecule has 2 rings (SSSR count). The van der Waals surface area contributed by atoms with E-state index in [1.807, 2.05) is 0 Å². The van der Waals surface area contributed by atoms with E-state index in [9.17, 15) is 4.79 Å². The minimum absolute atomic E-state index is 0.105. The van der Waals surface area contributed by atoms with Crippen molar-refractivity contribution in [2.45, 2.75) is 19.9 Å². The number of nitrogens with zero attached hydrogens (tertiary/aromatic N) is 2. The highest BCUT2D eigenvalue weighted by Gasteiger charge is 2.24. The van der Waals surface area contributed by atoms with E-state index in [-0.39, 0.29) is 11.6 Å². The number of hydrogen-bond donors (Lipinski definition) is 2. The number of hydrogen-bond acceptors (Lipinski definition) is 5. The Kier molecular flexibility index (Phi) is 4.33. The number of anilines is 1. The second kappa shape index (κ2) is 5.97. The lowest BCUT2D eigenvalue weighted by atomic mass is 10.2. The monoisotopic (exact) mass is 252 g/mol. The van der Waals surface area contributed by atoms with Gasteiger partial charge in [0.15, 0.2) is 0 Å². The summed E-state index contributed by atoms with van der Waals surface area (Å²) in [5, 5.41) is 3.31. The third kappa shape index (κ3) is 3.08. The van der Waals surface area contributed by atoms with Crippen LogP contribution in [0.4, 0.5) is 5.82 Å². The molecule has 0 saturated carbocycles. The van der Waals surface area contributed by atoms with Crippen molar-refractivity contribution < 1.29 is 4.74 Å². The van der Waals surface area contributed by atoms with Crippen LogP contribution in [0.15, 0.2) is 10.9 Å². The maximum Gasteiger partial charge on any atom is 0.252 e. The van der Waals surface area contributed by atoms with E-state index >= 15 is 0 Å². The topological polar surface area (TPSA) is 70.2 Å². The summed E-state index contributed by atoms with van der Waals surface area (Å²) in [6.45, 7) is 7.74. The Morgan fingerprint density at radius 3 is 3.22 bits per heavy atom. The fraction of sp³-hybridized carbons (Fsp3) is 0.667. The van der Waals surface area contributed by atoms with Gasteiger partial charge in [0.2, 0.25) is 0 Å². The molecule has 0 bridgehead atoms. The summed E-state index contributed by atoms with van der Waals surface area (Å²) in [4.78, 5) is 20.7. The molecule has 1 aromatic heterocycles. The Hall–Kier alpha value is -1.40. The second-order valence-corrected chi connectivity index (χ2v) is 4.42. The van der Waals surface area contributed by atoms with Gasteiger partial charge in [0.1, 0.15) is 11.6 Å². The van der Waals surface area contributed by atoms with E-state index in [1.165, 1.54) is 0 Å². The van der Waals surface area contributed by atoms with Crippen molar-refractivity contribution in [1.29, 1.82) is 0 Å². The van der Waals surface area contributed by atoms with Gasteiger partial charge in [0.05, 0.1) is 19.3 Å². The molecule has 0 amide bonds. The molecule has 1 aromatic rings. The maximum atomic E-state index is 11.5. The average Bonchev–Trinajstić information content (AvgIpc) is 2.35. The number of nitrogens with one attached hydrogen (secondary N) is 2. The molecule has 1 aliphatic heterocycles. The zero-order valence-electron chi connectivity index (χ0n) is 10.9. The molecule has 1 aliphatic rings. The first kappa shape index (κ1) is 13.0. The first-order valence-corrected chi connectivity index (χ1v) is 6.33. The van der Waals surface area contributed by atoms with Gasteiger partial charge in [-0.25, -0.2) is 4.98 Å². The van der Waals surface area contributed by atoms with Crippen LogP contribution in [0.1, 0.15) is 12.7 Å². The lowest BCUT2D eigenvalue weighted by Crippen LogP contribution is -2.51. The number of rotatable bonds is 4. The van der Waals surface area contributed by atoms with Gasteiger partial charge in [-0.3, -0.25) is 4.79 Å². The number of ether oxygens (including phenoxy) is 1. The van der Waals surface area contributed by atoms with E-state index in [1.54, 1.807) is 13.0 Å². The highest BCUT2D eigenvalue weighted by molar-refractivity contribution is 5.39. The second-order valence-electron chi connectivity index (χ2n) is 4.42. The summed E-state index contributed by atoms with van der Waals surface area (Å²) in [6, 6.07) is 1.78. The Morgan fingerprint density at radius 2 is 2.50 bits per heavy atom. The SMILES string of the molecule is CCNCC1COCCN1c1cc(=O)[nH]c(C)n1. The summed E-state index contributed by atoms with van der Waals surface area (Å²) in [5.74, 6) is 1.38. The molecule has 6 nitrogen and oxygen atoms in total. The molecule has 2 heterocycles. The highest BCUT2D eigenvalue weighted by atomic mass is 16.5. The van der Waals surface area contributed by atoms with Crippen LogP contribution in [0.5, 0.6) is 0 Å². The molecular formula is C12H20N4O2. The summed E-state index contributed by atoms with van der Waals surface area (Å²) in [6.07, 6.45) is 0. The van der Waals surface area contributed by atoms with Crippen LogP contribution in [-0.2, 0) is 4.74 Å². The average molecular weight is 252 g/mol. The van der Waals surface area contributed by atoms with Crippen molar-refractivity contribution in [3.8, 4) is 0 Å². The number of morpholine rings is 1. The third-order valence-electron chi connectivity index (χ3n) is 3.00. The number of aromatic amines is 1. The molecule has 100 valence electrons. The quantitative estimate of drug-likeness (QED) is 0.782. The highest BCUT2D eigenvalue weighted by Crippen LogP contribution is 2.15. The molecule has 0 aromatic carbocycles. The lowest BCUT2D eigenvalue weighted by Gasteiger charge is -2.36. The summed E-state index contributed by atoms with van der Waals surface area (Å²) < 4.78 is 5.50. The van der Waals surface area contributed by atoms with Crippen LogP contribution >= 0.6 is 0 Å². The van der Waals surface area contributed by atoms with Crippen LogP contribution in [0.25, 0.3) is 0 Å². The van der Waals surface area contributed by atoms with Crippen molar-refractivity contribution in [2.24, 2.45) is 0 Å². The summed E-state index contributed by atoms with van der Waals surface area (Å²) in [7, 11) is 0. The number of likely N-dealkylation sites (N-methyl/N-ethyl adjacent to an activating group) is 1. The van der Waals surface area contributed by atoms with E-state index in [2.05, 4.69) is 27.1 Å². The van der Waals surface area contributed by atoms with Gasteiger partial charge >= 0.3 is 0 Å². The molecule has 1 fully saturated rings. The minimum atomic E-state index is -0.105. The largest absolute Gasteiger partial charge is 0.377 e. The Labute approximate surface area is 106 Å². The summed E-state index contributed by atoms with van der Waals surface area (Å²) >= 11 is 0. The zero-order chi connectivity index (χ0) is 13.0. The molecule has 0 radical (unpaired) electrons. The molecule has 1 atom stereocenters. The van der Waals surface area contributed by atoms with Crippen LogP contribution in [-0.4, -0.2) is 48.9 Å². The van der Waals surface area contributed by atoms with Gasteiger partial charge in [-0.15, -0.1) is 0 Å². The Balaban J connectivity index is 2.19. The van der Waals surface area contributed by atoms with Crippen LogP contribution in [0, 0.1) is 6.92 Å². The van der Waals surface area contributed by atoms with Crippen LogP contribution in [0.3, 0.4) is 0 Å². The van der Waals surface area contributed by atoms with E-state index in [4.69, 9.17) is 4.74 Å². The molecule has 1 unspecified atom stereocenters.